The summed E-state index contributed by atoms with van der Waals surface area (Å²) in [6.07, 6.45) is 7.80. The molecule has 6 rings (SSSR count). The van der Waals surface area contributed by atoms with E-state index in [1.807, 2.05) is 47.4 Å². The van der Waals surface area contributed by atoms with Crippen molar-refractivity contribution < 1.29 is 9.53 Å². The van der Waals surface area contributed by atoms with Crippen LogP contribution in [0.25, 0.3) is 10.2 Å². The highest BCUT2D eigenvalue weighted by Crippen LogP contribution is 2.38. The number of benzene rings is 1. The number of carbonyl (C=O) groups excluding carboxylic acids is 1. The molecule has 0 unspecified atom stereocenters. The molecule has 5 heterocycles. The van der Waals surface area contributed by atoms with Crippen LogP contribution in [-0.2, 0) is 24.4 Å². The third kappa shape index (κ3) is 6.51. The molecule has 2 aliphatic rings. The Morgan fingerprint density at radius 3 is 2.80 bits per heavy atom. The number of carbonyl (C=O) groups is 1. The van der Waals surface area contributed by atoms with Gasteiger partial charge in [0.2, 0.25) is 5.91 Å². The first kappa shape index (κ1) is 27.6. The summed E-state index contributed by atoms with van der Waals surface area (Å²) < 4.78 is 5.86. The van der Waals surface area contributed by atoms with Crippen LogP contribution >= 0.6 is 22.9 Å². The van der Waals surface area contributed by atoms with Gasteiger partial charge in [0.25, 0.3) is 0 Å². The molecule has 1 N–H and O–H groups in total. The first-order valence-electron chi connectivity index (χ1n) is 13.7. The van der Waals surface area contributed by atoms with Crippen LogP contribution in [0.4, 0.5) is 11.5 Å². The fourth-order valence-corrected chi connectivity index (χ4v) is 6.55. The Morgan fingerprint density at radius 1 is 1.12 bits per heavy atom. The molecule has 1 saturated heterocycles. The van der Waals surface area contributed by atoms with Crippen LogP contribution < -0.4 is 10.1 Å². The normalized spacial score (nSPS) is 16.3. The van der Waals surface area contributed by atoms with Gasteiger partial charge in [0.1, 0.15) is 29.3 Å². The Kier molecular flexibility index (Phi) is 8.43. The molecule has 0 saturated carbocycles. The quantitative estimate of drug-likeness (QED) is 0.295. The molecule has 0 spiro atoms. The van der Waals surface area contributed by atoms with E-state index < -0.39 is 0 Å². The number of hydrogen-bond donors (Lipinski definition) is 1. The van der Waals surface area contributed by atoms with Crippen molar-refractivity contribution in [2.45, 2.75) is 19.6 Å². The molecule has 2 aliphatic heterocycles. The molecule has 0 radical (unpaired) electrons. The topological polar surface area (TPSA) is 86.7 Å². The highest BCUT2D eigenvalue weighted by atomic mass is 35.5. The second-order valence-corrected chi connectivity index (χ2v) is 11.8. The van der Waals surface area contributed by atoms with E-state index in [4.69, 9.17) is 16.3 Å². The fourth-order valence-electron chi connectivity index (χ4n) is 5.12. The molecule has 1 aromatic carbocycles. The van der Waals surface area contributed by atoms with E-state index in [1.165, 1.54) is 5.56 Å². The van der Waals surface area contributed by atoms with Gasteiger partial charge in [-0.3, -0.25) is 14.7 Å². The molecule has 1 amide bonds. The minimum Gasteiger partial charge on any atom is -0.486 e. The van der Waals surface area contributed by atoms with Gasteiger partial charge in [0.15, 0.2) is 0 Å². The van der Waals surface area contributed by atoms with Gasteiger partial charge in [-0.15, -0.1) is 11.3 Å². The summed E-state index contributed by atoms with van der Waals surface area (Å²) in [5.74, 6) is 1.38. The SMILES string of the molecule is CN1CCN(CC=CC(=O)N2CCc3c(sc4ncnc(Nc5ccc(OCc6ccccn6)c(Cl)c5)c34)C2)CC1. The van der Waals surface area contributed by atoms with E-state index in [0.717, 1.165) is 71.4 Å². The van der Waals surface area contributed by atoms with E-state index in [0.29, 0.717) is 30.5 Å². The fraction of sp³-hybridized carbons (Fsp3) is 0.333. The Labute approximate surface area is 248 Å². The number of pyridine rings is 1. The van der Waals surface area contributed by atoms with E-state index in [1.54, 1.807) is 29.9 Å². The van der Waals surface area contributed by atoms with Gasteiger partial charge in [-0.05, 0) is 49.4 Å². The molecule has 9 nitrogen and oxygen atoms in total. The summed E-state index contributed by atoms with van der Waals surface area (Å²) in [7, 11) is 2.15. The van der Waals surface area contributed by atoms with Gasteiger partial charge in [0.05, 0.1) is 22.6 Å². The van der Waals surface area contributed by atoms with E-state index in [2.05, 4.69) is 37.1 Å². The summed E-state index contributed by atoms with van der Waals surface area (Å²) in [4.78, 5) is 35.0. The summed E-state index contributed by atoms with van der Waals surface area (Å²) in [6.45, 7) is 6.62. The predicted octanol–water partition coefficient (Wildman–Crippen LogP) is 4.75. The van der Waals surface area contributed by atoms with Crippen molar-refractivity contribution in [1.82, 2.24) is 29.7 Å². The second-order valence-electron chi connectivity index (χ2n) is 10.3. The summed E-state index contributed by atoms with van der Waals surface area (Å²) in [6, 6.07) is 11.3. The number of piperazine rings is 1. The Balaban J connectivity index is 1.11. The molecular weight excluding hydrogens is 558 g/mol. The first-order valence-corrected chi connectivity index (χ1v) is 14.9. The highest BCUT2D eigenvalue weighted by molar-refractivity contribution is 7.19. The van der Waals surface area contributed by atoms with Crippen LogP contribution in [0, 0.1) is 0 Å². The van der Waals surface area contributed by atoms with Gasteiger partial charge < -0.3 is 19.9 Å². The average molecular weight is 590 g/mol. The Hall–Kier alpha value is -3.57. The van der Waals surface area contributed by atoms with Crippen LogP contribution in [0.2, 0.25) is 5.02 Å². The number of thiophene rings is 1. The third-order valence-corrected chi connectivity index (χ3v) is 8.88. The number of nitrogens with one attached hydrogen (secondary N) is 1. The number of likely N-dealkylation sites (N-methyl/N-ethyl adjacent to an activating group) is 1. The lowest BCUT2D eigenvalue weighted by Crippen LogP contribution is -2.44. The number of anilines is 2. The van der Waals surface area contributed by atoms with Gasteiger partial charge in [-0.25, -0.2) is 9.97 Å². The lowest BCUT2D eigenvalue weighted by atomic mass is 10.0. The van der Waals surface area contributed by atoms with Gasteiger partial charge >= 0.3 is 0 Å². The Morgan fingerprint density at radius 2 is 2.00 bits per heavy atom. The molecule has 11 heteroatoms. The van der Waals surface area contributed by atoms with Crippen LogP contribution in [0.3, 0.4) is 0 Å². The molecule has 4 aromatic rings. The molecule has 41 heavy (non-hydrogen) atoms. The molecule has 0 aliphatic carbocycles. The lowest BCUT2D eigenvalue weighted by molar-refractivity contribution is -0.126. The van der Waals surface area contributed by atoms with Crippen molar-refractivity contribution in [1.29, 1.82) is 0 Å². The van der Waals surface area contributed by atoms with Crippen molar-refractivity contribution >= 4 is 50.6 Å². The minimum atomic E-state index is 0.0617. The molecule has 1 fully saturated rings. The number of aromatic nitrogens is 3. The van der Waals surface area contributed by atoms with Gasteiger partial charge in [0, 0.05) is 62.1 Å². The van der Waals surface area contributed by atoms with E-state index in [9.17, 15) is 4.79 Å². The standard InChI is InChI=1S/C30H32ClN7O2S/c1-36-13-15-37(16-14-36)11-4-6-27(39)38-12-9-23-26(18-38)41-30-28(23)29(33-20-34-30)35-21-7-8-25(24(31)17-21)40-19-22-5-2-3-10-32-22/h2-8,10,17,20H,9,11-16,18-19H2,1H3,(H,33,34,35). The maximum Gasteiger partial charge on any atom is 0.246 e. The number of ether oxygens (including phenoxy) is 1. The van der Waals surface area contributed by atoms with Crippen molar-refractivity contribution in [3.8, 4) is 5.75 Å². The smallest absolute Gasteiger partial charge is 0.246 e. The van der Waals surface area contributed by atoms with E-state index in [-0.39, 0.29) is 5.91 Å². The van der Waals surface area contributed by atoms with Gasteiger partial charge in [-0.2, -0.15) is 0 Å². The van der Waals surface area contributed by atoms with Crippen molar-refractivity contribution in [3.05, 3.63) is 82.2 Å². The first-order chi connectivity index (χ1) is 20.0. The zero-order valence-electron chi connectivity index (χ0n) is 22.9. The number of hydrogen-bond acceptors (Lipinski definition) is 9. The maximum absolute atomic E-state index is 13.0. The van der Waals surface area contributed by atoms with Crippen LogP contribution in [0.1, 0.15) is 16.1 Å². The number of rotatable bonds is 8. The molecular formula is C30H32ClN7O2S. The summed E-state index contributed by atoms with van der Waals surface area (Å²) in [5.41, 5.74) is 2.84. The summed E-state index contributed by atoms with van der Waals surface area (Å²) >= 11 is 8.17. The van der Waals surface area contributed by atoms with Crippen LogP contribution in [0.15, 0.2) is 61.1 Å². The minimum absolute atomic E-state index is 0.0617. The van der Waals surface area contributed by atoms with E-state index >= 15 is 0 Å². The zero-order chi connectivity index (χ0) is 28.2. The Bertz CT molecular complexity index is 1550. The molecule has 0 bridgehead atoms. The third-order valence-electron chi connectivity index (χ3n) is 7.46. The van der Waals surface area contributed by atoms with Crippen LogP contribution in [-0.4, -0.2) is 81.9 Å². The number of amides is 1. The highest BCUT2D eigenvalue weighted by Gasteiger charge is 2.25. The number of nitrogens with zero attached hydrogens (tertiary/aromatic N) is 6. The second kappa shape index (κ2) is 12.5. The predicted molar refractivity (Wildman–Crippen MR) is 163 cm³/mol. The van der Waals surface area contributed by atoms with Gasteiger partial charge in [-0.1, -0.05) is 23.7 Å². The van der Waals surface area contributed by atoms with Crippen LogP contribution in [0.5, 0.6) is 5.75 Å². The molecule has 0 atom stereocenters. The average Bonchev–Trinajstić information content (AvgIpc) is 3.37. The van der Waals surface area contributed by atoms with Crippen molar-refractivity contribution in [3.63, 3.8) is 0 Å². The summed E-state index contributed by atoms with van der Waals surface area (Å²) in [5, 5.41) is 4.93. The molecule has 3 aromatic heterocycles. The van der Waals surface area contributed by atoms with Crippen molar-refractivity contribution in [2.24, 2.45) is 0 Å². The van der Waals surface area contributed by atoms with Crippen molar-refractivity contribution in [2.75, 3.05) is 51.6 Å². The number of fused-ring (bicyclic) bond motifs is 3. The largest absolute Gasteiger partial charge is 0.486 e. The maximum atomic E-state index is 13.0. The molecule has 212 valence electrons. The monoisotopic (exact) mass is 589 g/mol. The number of halogens is 1. The lowest BCUT2D eigenvalue weighted by Gasteiger charge is -2.31. The zero-order valence-corrected chi connectivity index (χ0v) is 24.5.